The normalized spacial score (nSPS) is 15.0. The molecule has 1 N–H and O–H groups in total. The van der Waals surface area contributed by atoms with Gasteiger partial charge in [0.1, 0.15) is 17.7 Å². The summed E-state index contributed by atoms with van der Waals surface area (Å²) in [5, 5.41) is 3.73. The predicted octanol–water partition coefficient (Wildman–Crippen LogP) is 6.23. The molecule has 140 valence electrons. The Labute approximate surface area is 169 Å². The smallest absolute Gasteiger partial charge is 0.229 e. The van der Waals surface area contributed by atoms with E-state index in [-0.39, 0.29) is 16.8 Å². The average Bonchev–Trinajstić information content (AvgIpc) is 3.40. The van der Waals surface area contributed by atoms with E-state index in [1.54, 1.807) is 13.0 Å². The maximum atomic E-state index is 13.7. The molecular formula is C19H15Cl2FN2O2S. The van der Waals surface area contributed by atoms with E-state index in [9.17, 15) is 9.18 Å². The molecule has 0 aliphatic heterocycles. The van der Waals surface area contributed by atoms with Gasteiger partial charge in [0.25, 0.3) is 0 Å². The van der Waals surface area contributed by atoms with Crippen LogP contribution in [0.4, 0.5) is 9.52 Å². The number of benzene rings is 2. The van der Waals surface area contributed by atoms with E-state index in [1.165, 1.54) is 23.5 Å². The molecule has 1 unspecified atom stereocenters. The van der Waals surface area contributed by atoms with Gasteiger partial charge >= 0.3 is 0 Å². The fourth-order valence-corrected chi connectivity index (χ4v) is 4.34. The van der Waals surface area contributed by atoms with Crippen LogP contribution in [0.3, 0.4) is 0 Å². The van der Waals surface area contributed by atoms with Gasteiger partial charge < -0.3 is 10.1 Å². The summed E-state index contributed by atoms with van der Waals surface area (Å²) in [7, 11) is 0. The van der Waals surface area contributed by atoms with E-state index in [2.05, 4.69) is 10.3 Å². The van der Waals surface area contributed by atoms with Gasteiger partial charge in [0.05, 0.1) is 15.2 Å². The molecule has 0 spiro atoms. The molecule has 0 bridgehead atoms. The monoisotopic (exact) mass is 424 g/mol. The standard InChI is InChI=1S/C19H15Cl2FN2O2S/c1-9(16-12(20)5-6-13(22)17(16)21)26-11-4-7-14-15(8-11)27-19(23-14)24-18(25)10-2-3-10/h4-10H,2-3H2,1H3,(H,23,24,25). The number of anilines is 1. The number of halogens is 3. The average molecular weight is 425 g/mol. The van der Waals surface area contributed by atoms with Crippen LogP contribution in [0.1, 0.15) is 31.4 Å². The highest BCUT2D eigenvalue weighted by atomic mass is 35.5. The Bertz CT molecular complexity index is 1040. The molecule has 1 atom stereocenters. The van der Waals surface area contributed by atoms with Crippen molar-refractivity contribution >= 4 is 55.8 Å². The molecule has 0 radical (unpaired) electrons. The second kappa shape index (κ2) is 7.26. The number of aromatic nitrogens is 1. The van der Waals surface area contributed by atoms with Gasteiger partial charge in [0.2, 0.25) is 5.91 Å². The molecule has 1 saturated carbocycles. The van der Waals surface area contributed by atoms with Crippen LogP contribution in [0, 0.1) is 11.7 Å². The Morgan fingerprint density at radius 3 is 2.85 bits per heavy atom. The molecule has 8 heteroatoms. The maximum Gasteiger partial charge on any atom is 0.229 e. The number of hydrogen-bond donors (Lipinski definition) is 1. The summed E-state index contributed by atoms with van der Waals surface area (Å²) in [6.07, 6.45) is 1.34. The van der Waals surface area contributed by atoms with Crippen molar-refractivity contribution < 1.29 is 13.9 Å². The van der Waals surface area contributed by atoms with Gasteiger partial charge in [-0.25, -0.2) is 9.37 Å². The van der Waals surface area contributed by atoms with E-state index in [0.717, 1.165) is 23.1 Å². The number of nitrogens with one attached hydrogen (secondary N) is 1. The third kappa shape index (κ3) is 3.88. The first kappa shape index (κ1) is 18.5. The first-order valence-corrected chi connectivity index (χ1v) is 10.0. The van der Waals surface area contributed by atoms with Crippen molar-refractivity contribution in [3.05, 3.63) is 51.8 Å². The first-order chi connectivity index (χ1) is 12.9. The van der Waals surface area contributed by atoms with Crippen molar-refractivity contribution in [2.24, 2.45) is 5.92 Å². The Hall–Kier alpha value is -1.89. The van der Waals surface area contributed by atoms with E-state index in [4.69, 9.17) is 27.9 Å². The topological polar surface area (TPSA) is 51.2 Å². The Morgan fingerprint density at radius 2 is 2.11 bits per heavy atom. The number of thiazole rings is 1. The third-order valence-corrected chi connectivity index (χ3v) is 5.98. The summed E-state index contributed by atoms with van der Waals surface area (Å²) < 4.78 is 20.5. The number of amides is 1. The highest BCUT2D eigenvalue weighted by Gasteiger charge is 2.30. The fraction of sp³-hybridized carbons (Fsp3) is 0.263. The van der Waals surface area contributed by atoms with E-state index in [1.807, 2.05) is 12.1 Å². The number of nitrogens with zero attached hydrogens (tertiary/aromatic N) is 1. The zero-order valence-electron chi connectivity index (χ0n) is 14.3. The van der Waals surface area contributed by atoms with Gasteiger partial charge in [-0.2, -0.15) is 0 Å². The molecule has 4 nitrogen and oxygen atoms in total. The van der Waals surface area contributed by atoms with E-state index >= 15 is 0 Å². The number of fused-ring (bicyclic) bond motifs is 1. The van der Waals surface area contributed by atoms with Crippen LogP contribution in [-0.2, 0) is 4.79 Å². The molecule has 1 aromatic heterocycles. The Morgan fingerprint density at radius 1 is 1.33 bits per heavy atom. The zero-order chi connectivity index (χ0) is 19.1. The molecule has 1 fully saturated rings. The van der Waals surface area contributed by atoms with E-state index < -0.39 is 11.9 Å². The molecule has 3 aromatic rings. The van der Waals surface area contributed by atoms with Crippen molar-refractivity contribution in [3.63, 3.8) is 0 Å². The second-order valence-electron chi connectivity index (χ2n) is 6.43. The summed E-state index contributed by atoms with van der Waals surface area (Å²) >= 11 is 13.6. The molecule has 2 aromatic carbocycles. The zero-order valence-corrected chi connectivity index (χ0v) is 16.6. The number of hydrogen-bond acceptors (Lipinski definition) is 4. The third-order valence-electron chi connectivity index (χ3n) is 4.34. The number of ether oxygens (including phenoxy) is 1. The minimum absolute atomic E-state index is 0.0227. The Balaban J connectivity index is 1.55. The molecule has 0 saturated heterocycles. The van der Waals surface area contributed by atoms with Gasteiger partial charge in [0, 0.05) is 16.5 Å². The van der Waals surface area contributed by atoms with Crippen molar-refractivity contribution in [2.45, 2.75) is 25.9 Å². The minimum atomic E-state index is -0.542. The minimum Gasteiger partial charge on any atom is -0.486 e. The van der Waals surface area contributed by atoms with Crippen molar-refractivity contribution in [2.75, 3.05) is 5.32 Å². The van der Waals surface area contributed by atoms with E-state index in [0.29, 0.717) is 21.5 Å². The van der Waals surface area contributed by atoms with Crippen molar-refractivity contribution in [1.29, 1.82) is 0 Å². The van der Waals surface area contributed by atoms with Crippen LogP contribution in [0.5, 0.6) is 5.75 Å². The van der Waals surface area contributed by atoms with Gasteiger partial charge in [0.15, 0.2) is 5.13 Å². The highest BCUT2D eigenvalue weighted by Crippen LogP contribution is 2.37. The maximum absolute atomic E-state index is 13.7. The first-order valence-electron chi connectivity index (χ1n) is 8.44. The molecule has 1 aliphatic carbocycles. The predicted molar refractivity (Wildman–Crippen MR) is 106 cm³/mol. The van der Waals surface area contributed by atoms with Crippen LogP contribution >= 0.6 is 34.5 Å². The lowest BCUT2D eigenvalue weighted by atomic mass is 10.1. The molecule has 1 heterocycles. The summed E-state index contributed by atoms with van der Waals surface area (Å²) in [6.45, 7) is 1.75. The Kier molecular flexibility index (Phi) is 4.97. The van der Waals surface area contributed by atoms with Crippen molar-refractivity contribution in [3.8, 4) is 5.75 Å². The molecule has 27 heavy (non-hydrogen) atoms. The second-order valence-corrected chi connectivity index (χ2v) is 8.24. The molecule has 1 amide bonds. The van der Waals surface area contributed by atoms with Crippen LogP contribution < -0.4 is 10.1 Å². The summed E-state index contributed by atoms with van der Waals surface area (Å²) in [4.78, 5) is 16.3. The SMILES string of the molecule is CC(Oc1ccc2nc(NC(=O)C3CC3)sc2c1)c1c(Cl)ccc(F)c1Cl. The summed E-state index contributed by atoms with van der Waals surface area (Å²) in [5.41, 5.74) is 1.17. The number of carbonyl (C=O) groups excluding carboxylic acids is 1. The lowest BCUT2D eigenvalue weighted by Gasteiger charge is -2.18. The lowest BCUT2D eigenvalue weighted by molar-refractivity contribution is -0.117. The van der Waals surface area contributed by atoms with Crippen LogP contribution in [0.15, 0.2) is 30.3 Å². The van der Waals surface area contributed by atoms with Gasteiger partial charge in [-0.3, -0.25) is 4.79 Å². The van der Waals surface area contributed by atoms with Crippen molar-refractivity contribution in [1.82, 2.24) is 4.98 Å². The number of rotatable bonds is 5. The van der Waals surface area contributed by atoms with Crippen LogP contribution in [0.2, 0.25) is 10.0 Å². The molecular weight excluding hydrogens is 410 g/mol. The quantitative estimate of drug-likeness (QED) is 0.493. The van der Waals surface area contributed by atoms with Crippen LogP contribution in [0.25, 0.3) is 10.2 Å². The van der Waals surface area contributed by atoms with Gasteiger partial charge in [-0.1, -0.05) is 34.5 Å². The van der Waals surface area contributed by atoms with Gasteiger partial charge in [-0.05, 0) is 50.1 Å². The lowest BCUT2D eigenvalue weighted by Crippen LogP contribution is -2.12. The van der Waals surface area contributed by atoms with Crippen LogP contribution in [-0.4, -0.2) is 10.9 Å². The summed E-state index contributed by atoms with van der Waals surface area (Å²) in [6, 6.07) is 8.10. The fourth-order valence-electron chi connectivity index (χ4n) is 2.76. The molecule has 1 aliphatic rings. The highest BCUT2D eigenvalue weighted by molar-refractivity contribution is 7.22. The largest absolute Gasteiger partial charge is 0.486 e. The number of carbonyl (C=O) groups is 1. The summed E-state index contributed by atoms with van der Waals surface area (Å²) in [5.74, 6) is 0.183. The van der Waals surface area contributed by atoms with Gasteiger partial charge in [-0.15, -0.1) is 0 Å². The molecule has 4 rings (SSSR count).